The highest BCUT2D eigenvalue weighted by atomic mass is 35.5. The van der Waals surface area contributed by atoms with Gasteiger partial charge in [0.05, 0.1) is 12.1 Å². The van der Waals surface area contributed by atoms with Crippen LogP contribution in [-0.2, 0) is 6.54 Å². The van der Waals surface area contributed by atoms with Crippen molar-refractivity contribution in [2.24, 2.45) is 0 Å². The van der Waals surface area contributed by atoms with Gasteiger partial charge in [0.2, 0.25) is 0 Å². The van der Waals surface area contributed by atoms with Gasteiger partial charge in [0.25, 0.3) is 0 Å². The van der Waals surface area contributed by atoms with E-state index in [0.29, 0.717) is 5.02 Å². The quantitative estimate of drug-likeness (QED) is 0.718. The molecule has 0 aliphatic carbocycles. The molecule has 1 aromatic carbocycles. The third-order valence-electron chi connectivity index (χ3n) is 2.27. The van der Waals surface area contributed by atoms with Crippen molar-refractivity contribution in [1.29, 1.82) is 0 Å². The van der Waals surface area contributed by atoms with Crippen molar-refractivity contribution < 1.29 is 4.74 Å². The lowest BCUT2D eigenvalue weighted by Gasteiger charge is -2.07. The zero-order valence-electron chi connectivity index (χ0n) is 9.85. The molecule has 3 nitrogen and oxygen atoms in total. The summed E-state index contributed by atoms with van der Waals surface area (Å²) in [6, 6.07) is 5.84. The van der Waals surface area contributed by atoms with E-state index in [4.69, 9.17) is 16.3 Å². The predicted octanol–water partition coefficient (Wildman–Crippen LogP) is 2.05. The molecule has 4 heteroatoms. The van der Waals surface area contributed by atoms with E-state index in [1.807, 2.05) is 18.2 Å². The van der Waals surface area contributed by atoms with E-state index in [1.165, 1.54) is 5.56 Å². The number of benzene rings is 1. The molecule has 0 saturated heterocycles. The van der Waals surface area contributed by atoms with E-state index in [9.17, 15) is 0 Å². The summed E-state index contributed by atoms with van der Waals surface area (Å²) in [5, 5.41) is 7.26. The van der Waals surface area contributed by atoms with Crippen LogP contribution in [0.1, 0.15) is 12.5 Å². The molecule has 0 radical (unpaired) electrons. The molecule has 0 saturated carbocycles. The number of halogens is 1. The van der Waals surface area contributed by atoms with Gasteiger partial charge in [0.1, 0.15) is 5.75 Å². The highest BCUT2D eigenvalue weighted by molar-refractivity contribution is 6.32. The molecule has 0 aliphatic rings. The Morgan fingerprint density at radius 1 is 1.25 bits per heavy atom. The van der Waals surface area contributed by atoms with Crippen LogP contribution in [0.25, 0.3) is 0 Å². The van der Waals surface area contributed by atoms with Crippen LogP contribution in [0.4, 0.5) is 0 Å². The van der Waals surface area contributed by atoms with Crippen molar-refractivity contribution in [2.45, 2.75) is 13.5 Å². The Morgan fingerprint density at radius 3 is 2.62 bits per heavy atom. The normalized spacial score (nSPS) is 10.4. The minimum Gasteiger partial charge on any atom is -0.495 e. The lowest BCUT2D eigenvalue weighted by Crippen LogP contribution is -2.26. The molecule has 0 unspecified atom stereocenters. The van der Waals surface area contributed by atoms with Crippen LogP contribution in [-0.4, -0.2) is 26.7 Å². The second kappa shape index (κ2) is 7.49. The molecule has 0 atom stereocenters. The fourth-order valence-corrected chi connectivity index (χ4v) is 1.69. The summed E-state index contributed by atoms with van der Waals surface area (Å²) in [4.78, 5) is 0. The molecule has 16 heavy (non-hydrogen) atoms. The second-order valence-electron chi connectivity index (χ2n) is 3.50. The fraction of sp³-hybridized carbons (Fsp3) is 0.500. The van der Waals surface area contributed by atoms with E-state index >= 15 is 0 Å². The van der Waals surface area contributed by atoms with Gasteiger partial charge < -0.3 is 15.4 Å². The molecule has 0 fully saturated rings. The maximum Gasteiger partial charge on any atom is 0.137 e. The fourth-order valence-electron chi connectivity index (χ4n) is 1.41. The van der Waals surface area contributed by atoms with Crippen LogP contribution >= 0.6 is 11.6 Å². The van der Waals surface area contributed by atoms with Crippen molar-refractivity contribution in [3.05, 3.63) is 28.8 Å². The summed E-state index contributed by atoms with van der Waals surface area (Å²) in [7, 11) is 1.62. The van der Waals surface area contributed by atoms with Gasteiger partial charge >= 0.3 is 0 Å². The smallest absolute Gasteiger partial charge is 0.137 e. The summed E-state index contributed by atoms with van der Waals surface area (Å²) in [5.74, 6) is 0.720. The molecule has 2 N–H and O–H groups in total. The number of ether oxygens (including phenoxy) is 1. The molecule has 0 amide bonds. The summed E-state index contributed by atoms with van der Waals surface area (Å²) >= 11 is 6.03. The molecule has 0 bridgehead atoms. The summed E-state index contributed by atoms with van der Waals surface area (Å²) in [6.45, 7) is 5.88. The van der Waals surface area contributed by atoms with Crippen LogP contribution < -0.4 is 15.4 Å². The molecule has 0 aliphatic heterocycles. The van der Waals surface area contributed by atoms with Crippen LogP contribution in [0.5, 0.6) is 5.75 Å². The Kier molecular flexibility index (Phi) is 6.23. The highest BCUT2D eigenvalue weighted by Crippen LogP contribution is 2.24. The van der Waals surface area contributed by atoms with Crippen LogP contribution in [0.15, 0.2) is 18.2 Å². The minimum atomic E-state index is 0.661. The first kappa shape index (κ1) is 13.3. The number of methoxy groups -OCH3 is 1. The molecular formula is C12H19ClN2O. The molecule has 1 aromatic rings. The molecule has 0 aromatic heterocycles. The molecular weight excluding hydrogens is 224 g/mol. The van der Waals surface area contributed by atoms with E-state index in [2.05, 4.69) is 17.6 Å². The predicted molar refractivity (Wildman–Crippen MR) is 68.3 cm³/mol. The average Bonchev–Trinajstić information content (AvgIpc) is 2.29. The first-order chi connectivity index (χ1) is 7.77. The minimum absolute atomic E-state index is 0.661. The number of hydrogen-bond acceptors (Lipinski definition) is 3. The topological polar surface area (TPSA) is 33.3 Å². The van der Waals surface area contributed by atoms with Gasteiger partial charge in [-0.3, -0.25) is 0 Å². The lowest BCUT2D eigenvalue weighted by atomic mass is 10.2. The zero-order chi connectivity index (χ0) is 11.8. The van der Waals surface area contributed by atoms with Crippen molar-refractivity contribution in [3.63, 3.8) is 0 Å². The molecule has 1 rings (SSSR count). The SMILES string of the molecule is CCNCCNCc1ccc(OC)c(Cl)c1. The van der Waals surface area contributed by atoms with Gasteiger partial charge in [-0.25, -0.2) is 0 Å². The van der Waals surface area contributed by atoms with Gasteiger partial charge in [0.15, 0.2) is 0 Å². The Morgan fingerprint density at radius 2 is 2.00 bits per heavy atom. The van der Waals surface area contributed by atoms with Crippen molar-refractivity contribution in [2.75, 3.05) is 26.7 Å². The largest absolute Gasteiger partial charge is 0.495 e. The van der Waals surface area contributed by atoms with Gasteiger partial charge in [0, 0.05) is 19.6 Å². The number of nitrogens with one attached hydrogen (secondary N) is 2. The third-order valence-corrected chi connectivity index (χ3v) is 2.57. The van der Waals surface area contributed by atoms with E-state index in [-0.39, 0.29) is 0 Å². The monoisotopic (exact) mass is 242 g/mol. The van der Waals surface area contributed by atoms with Crippen molar-refractivity contribution >= 4 is 11.6 Å². The Balaban J connectivity index is 2.34. The lowest BCUT2D eigenvalue weighted by molar-refractivity contribution is 0.415. The van der Waals surface area contributed by atoms with E-state index < -0.39 is 0 Å². The molecule has 90 valence electrons. The molecule has 0 heterocycles. The van der Waals surface area contributed by atoms with E-state index in [1.54, 1.807) is 7.11 Å². The van der Waals surface area contributed by atoms with Gasteiger partial charge in [-0.2, -0.15) is 0 Å². The summed E-state index contributed by atoms with van der Waals surface area (Å²) in [6.07, 6.45) is 0. The van der Waals surface area contributed by atoms with Crippen LogP contribution in [0.3, 0.4) is 0 Å². The van der Waals surface area contributed by atoms with Crippen LogP contribution in [0, 0.1) is 0 Å². The highest BCUT2D eigenvalue weighted by Gasteiger charge is 2.00. The van der Waals surface area contributed by atoms with Crippen LogP contribution in [0.2, 0.25) is 5.02 Å². The molecule has 0 spiro atoms. The van der Waals surface area contributed by atoms with Gasteiger partial charge in [-0.05, 0) is 24.2 Å². The first-order valence-electron chi connectivity index (χ1n) is 5.51. The second-order valence-corrected chi connectivity index (χ2v) is 3.91. The Labute approximate surface area is 102 Å². The zero-order valence-corrected chi connectivity index (χ0v) is 10.6. The van der Waals surface area contributed by atoms with E-state index in [0.717, 1.165) is 31.9 Å². The maximum atomic E-state index is 6.03. The number of rotatable bonds is 7. The van der Waals surface area contributed by atoms with Gasteiger partial charge in [-0.15, -0.1) is 0 Å². The number of hydrogen-bond donors (Lipinski definition) is 2. The average molecular weight is 243 g/mol. The van der Waals surface area contributed by atoms with Crippen molar-refractivity contribution in [1.82, 2.24) is 10.6 Å². The Bertz CT molecular complexity index is 318. The standard InChI is InChI=1S/C12H19ClN2O/c1-3-14-6-7-15-9-10-4-5-12(16-2)11(13)8-10/h4-5,8,14-15H,3,6-7,9H2,1-2H3. The number of likely N-dealkylation sites (N-methyl/N-ethyl adjacent to an activating group) is 1. The maximum absolute atomic E-state index is 6.03. The summed E-state index contributed by atoms with van der Waals surface area (Å²) < 4.78 is 5.10. The van der Waals surface area contributed by atoms with Gasteiger partial charge in [-0.1, -0.05) is 24.6 Å². The van der Waals surface area contributed by atoms with Crippen molar-refractivity contribution in [3.8, 4) is 5.75 Å². The first-order valence-corrected chi connectivity index (χ1v) is 5.89. The Hall–Kier alpha value is -0.770. The summed E-state index contributed by atoms with van der Waals surface area (Å²) in [5.41, 5.74) is 1.17. The third kappa shape index (κ3) is 4.39.